The summed E-state index contributed by atoms with van der Waals surface area (Å²) in [5, 5.41) is 12.0. The molecule has 19 heavy (non-hydrogen) atoms. The minimum absolute atomic E-state index is 0.0939. The van der Waals surface area contributed by atoms with Crippen LogP contribution >= 0.6 is 0 Å². The van der Waals surface area contributed by atoms with Crippen LogP contribution in [0.4, 0.5) is 15.8 Å². The van der Waals surface area contributed by atoms with Gasteiger partial charge < -0.3 is 16.2 Å². The van der Waals surface area contributed by atoms with Crippen molar-refractivity contribution in [1.82, 2.24) is 0 Å². The highest BCUT2D eigenvalue weighted by molar-refractivity contribution is 5.95. The first-order chi connectivity index (χ1) is 9.06. The molecule has 0 aliphatic rings. The smallest absolute Gasteiger partial charge is 0.337 e. The average molecular weight is 260 g/mol. The molecule has 0 spiro atoms. The Hall–Kier alpha value is -2.56. The number of aromatic carboxylic acids is 1. The van der Waals surface area contributed by atoms with Crippen molar-refractivity contribution in [3.63, 3.8) is 0 Å². The highest BCUT2D eigenvalue weighted by Crippen LogP contribution is 2.20. The summed E-state index contributed by atoms with van der Waals surface area (Å²) in [5.41, 5.74) is 7.21. The zero-order chi connectivity index (χ0) is 13.8. The average Bonchev–Trinajstić information content (AvgIpc) is 2.37. The molecule has 0 saturated carbocycles. The zero-order valence-electron chi connectivity index (χ0n) is 10.1. The maximum Gasteiger partial charge on any atom is 0.337 e. The molecule has 0 bridgehead atoms. The van der Waals surface area contributed by atoms with Gasteiger partial charge in [0.05, 0.1) is 5.56 Å². The number of nitrogens with one attached hydrogen (secondary N) is 1. The van der Waals surface area contributed by atoms with Gasteiger partial charge in [0.25, 0.3) is 0 Å². The molecule has 2 aromatic carbocycles. The molecule has 5 heteroatoms. The summed E-state index contributed by atoms with van der Waals surface area (Å²) < 4.78 is 13.0. The quantitative estimate of drug-likeness (QED) is 0.739. The summed E-state index contributed by atoms with van der Waals surface area (Å²) in [4.78, 5) is 11.1. The monoisotopic (exact) mass is 260 g/mol. The second-order valence-electron chi connectivity index (χ2n) is 4.09. The van der Waals surface area contributed by atoms with Crippen molar-refractivity contribution in [2.45, 2.75) is 6.54 Å². The van der Waals surface area contributed by atoms with Crippen molar-refractivity contribution >= 4 is 17.3 Å². The fourth-order valence-electron chi connectivity index (χ4n) is 1.74. The molecule has 0 heterocycles. The molecule has 0 saturated heterocycles. The zero-order valence-corrected chi connectivity index (χ0v) is 10.1. The fraction of sp³-hybridized carbons (Fsp3) is 0.0714. The van der Waals surface area contributed by atoms with Gasteiger partial charge in [0.15, 0.2) is 0 Å². The Morgan fingerprint density at radius 2 is 2.05 bits per heavy atom. The van der Waals surface area contributed by atoms with E-state index in [9.17, 15) is 9.18 Å². The first-order valence-corrected chi connectivity index (χ1v) is 5.67. The van der Waals surface area contributed by atoms with Crippen molar-refractivity contribution in [2.75, 3.05) is 11.1 Å². The summed E-state index contributed by atoms with van der Waals surface area (Å²) in [6, 6.07) is 10.7. The van der Waals surface area contributed by atoms with Gasteiger partial charge in [0, 0.05) is 17.9 Å². The highest BCUT2D eigenvalue weighted by atomic mass is 19.1. The molecule has 0 aliphatic carbocycles. The van der Waals surface area contributed by atoms with E-state index >= 15 is 0 Å². The van der Waals surface area contributed by atoms with Crippen LogP contribution in [0.25, 0.3) is 0 Å². The largest absolute Gasteiger partial charge is 0.478 e. The van der Waals surface area contributed by atoms with Crippen LogP contribution in [-0.2, 0) is 6.54 Å². The van der Waals surface area contributed by atoms with Gasteiger partial charge in [-0.3, -0.25) is 0 Å². The molecule has 4 N–H and O–H groups in total. The number of nitrogen functional groups attached to an aromatic ring is 1. The van der Waals surface area contributed by atoms with E-state index in [2.05, 4.69) is 5.32 Å². The Morgan fingerprint density at radius 3 is 2.74 bits per heavy atom. The van der Waals surface area contributed by atoms with Crippen molar-refractivity contribution in [3.05, 3.63) is 59.4 Å². The summed E-state index contributed by atoms with van der Waals surface area (Å²) in [7, 11) is 0. The van der Waals surface area contributed by atoms with Gasteiger partial charge in [-0.15, -0.1) is 0 Å². The molecular formula is C14H13FN2O2. The predicted octanol–water partition coefficient (Wildman–Crippen LogP) is 2.72. The van der Waals surface area contributed by atoms with Crippen LogP contribution in [0.15, 0.2) is 42.5 Å². The lowest BCUT2D eigenvalue weighted by atomic mass is 10.1. The van der Waals surface area contributed by atoms with E-state index in [1.807, 2.05) is 0 Å². The minimum atomic E-state index is -1.06. The number of carboxylic acids is 1. The van der Waals surface area contributed by atoms with Crippen LogP contribution in [0, 0.1) is 5.82 Å². The number of nitrogens with two attached hydrogens (primary N) is 1. The van der Waals surface area contributed by atoms with E-state index in [0.29, 0.717) is 17.9 Å². The molecule has 0 aliphatic heterocycles. The number of hydrogen-bond donors (Lipinski definition) is 3. The van der Waals surface area contributed by atoms with Gasteiger partial charge in [-0.25, -0.2) is 9.18 Å². The van der Waals surface area contributed by atoms with Crippen LogP contribution in [-0.4, -0.2) is 11.1 Å². The summed E-state index contributed by atoms with van der Waals surface area (Å²) in [5.74, 6) is -1.39. The van der Waals surface area contributed by atoms with E-state index in [4.69, 9.17) is 10.8 Å². The minimum Gasteiger partial charge on any atom is -0.478 e. The molecule has 2 rings (SSSR count). The van der Waals surface area contributed by atoms with E-state index < -0.39 is 5.97 Å². The van der Waals surface area contributed by atoms with Gasteiger partial charge in [-0.05, 0) is 35.9 Å². The number of carboxylic acid groups (broad SMARTS) is 1. The summed E-state index contributed by atoms with van der Waals surface area (Å²) >= 11 is 0. The molecular weight excluding hydrogens is 247 g/mol. The lowest BCUT2D eigenvalue weighted by molar-refractivity contribution is 0.0698. The second-order valence-corrected chi connectivity index (χ2v) is 4.09. The highest BCUT2D eigenvalue weighted by Gasteiger charge is 2.10. The number of rotatable bonds is 4. The first kappa shape index (κ1) is 12.9. The Labute approximate surface area is 109 Å². The molecule has 4 nitrogen and oxygen atoms in total. The van der Waals surface area contributed by atoms with Crippen molar-refractivity contribution in [2.24, 2.45) is 0 Å². The Bertz CT molecular complexity index is 614. The lowest BCUT2D eigenvalue weighted by Gasteiger charge is -2.10. The van der Waals surface area contributed by atoms with Crippen LogP contribution in [0.2, 0.25) is 0 Å². The molecule has 0 fully saturated rings. The van der Waals surface area contributed by atoms with E-state index in [0.717, 1.165) is 5.56 Å². The number of halogens is 1. The lowest BCUT2D eigenvalue weighted by Crippen LogP contribution is -2.07. The Kier molecular flexibility index (Phi) is 3.66. The second kappa shape index (κ2) is 5.39. The van der Waals surface area contributed by atoms with Gasteiger partial charge >= 0.3 is 5.97 Å². The molecule has 0 atom stereocenters. The summed E-state index contributed by atoms with van der Waals surface area (Å²) in [6.07, 6.45) is 0. The predicted molar refractivity (Wildman–Crippen MR) is 71.5 cm³/mol. The van der Waals surface area contributed by atoms with Crippen LogP contribution in [0.3, 0.4) is 0 Å². The number of benzene rings is 2. The van der Waals surface area contributed by atoms with Crippen molar-refractivity contribution in [3.8, 4) is 0 Å². The fourth-order valence-corrected chi connectivity index (χ4v) is 1.74. The van der Waals surface area contributed by atoms with Crippen molar-refractivity contribution in [1.29, 1.82) is 0 Å². The van der Waals surface area contributed by atoms with Gasteiger partial charge in [0.1, 0.15) is 5.82 Å². The molecule has 0 radical (unpaired) electrons. The van der Waals surface area contributed by atoms with Crippen LogP contribution < -0.4 is 11.1 Å². The normalized spacial score (nSPS) is 10.2. The third-order valence-electron chi connectivity index (χ3n) is 2.65. The molecule has 0 amide bonds. The Balaban J connectivity index is 2.17. The topological polar surface area (TPSA) is 75.3 Å². The third kappa shape index (κ3) is 3.22. The maximum atomic E-state index is 13.0. The van der Waals surface area contributed by atoms with Crippen molar-refractivity contribution < 1.29 is 14.3 Å². The number of carbonyl (C=O) groups is 1. The molecule has 0 unspecified atom stereocenters. The standard InChI is InChI=1S/C14H13FN2O2/c15-10-3-1-2-9(6-10)8-17-13-5-4-11(16)7-12(13)14(18)19/h1-7,17H,8,16H2,(H,18,19). The van der Waals surface area contributed by atoms with E-state index in [1.54, 1.807) is 24.3 Å². The molecule has 98 valence electrons. The van der Waals surface area contributed by atoms with Gasteiger partial charge in [-0.2, -0.15) is 0 Å². The first-order valence-electron chi connectivity index (χ1n) is 5.67. The van der Waals surface area contributed by atoms with Crippen LogP contribution in [0.1, 0.15) is 15.9 Å². The number of anilines is 2. The number of hydrogen-bond acceptors (Lipinski definition) is 3. The van der Waals surface area contributed by atoms with Gasteiger partial charge in [0.2, 0.25) is 0 Å². The van der Waals surface area contributed by atoms with Gasteiger partial charge in [-0.1, -0.05) is 12.1 Å². The van der Waals surface area contributed by atoms with E-state index in [-0.39, 0.29) is 11.4 Å². The van der Waals surface area contributed by atoms with Crippen LogP contribution in [0.5, 0.6) is 0 Å². The summed E-state index contributed by atoms with van der Waals surface area (Å²) in [6.45, 7) is 0.335. The van der Waals surface area contributed by atoms with E-state index in [1.165, 1.54) is 18.2 Å². The Morgan fingerprint density at radius 1 is 1.26 bits per heavy atom. The molecule has 2 aromatic rings. The third-order valence-corrected chi connectivity index (χ3v) is 2.65. The molecule has 0 aromatic heterocycles. The SMILES string of the molecule is Nc1ccc(NCc2cccc(F)c2)c(C(=O)O)c1. The maximum absolute atomic E-state index is 13.0.